The molecular formula is C20H31NO3. The number of rotatable bonds is 7. The molecule has 4 heteroatoms. The summed E-state index contributed by atoms with van der Waals surface area (Å²) in [6.45, 7) is 8.85. The van der Waals surface area contributed by atoms with E-state index in [1.165, 1.54) is 6.42 Å². The molecule has 1 saturated carbocycles. The number of anilines is 1. The SMILES string of the molecule is CCO[C@@]1(C(=O)Nc2ccc(O[C@H](C)CC)cc2)CCC[C@@H](C)C1. The smallest absolute Gasteiger partial charge is 0.256 e. The lowest BCUT2D eigenvalue weighted by Crippen LogP contribution is -2.48. The summed E-state index contributed by atoms with van der Waals surface area (Å²) < 4.78 is 11.7. The first-order chi connectivity index (χ1) is 11.5. The monoisotopic (exact) mass is 333 g/mol. The van der Waals surface area contributed by atoms with Crippen molar-refractivity contribution in [1.82, 2.24) is 0 Å². The summed E-state index contributed by atoms with van der Waals surface area (Å²) in [6, 6.07) is 7.58. The number of nitrogens with one attached hydrogen (secondary N) is 1. The van der Waals surface area contributed by atoms with Gasteiger partial charge < -0.3 is 14.8 Å². The van der Waals surface area contributed by atoms with Gasteiger partial charge in [-0.25, -0.2) is 0 Å². The third kappa shape index (κ3) is 4.73. The molecule has 0 unspecified atom stereocenters. The molecule has 1 N–H and O–H groups in total. The molecule has 0 bridgehead atoms. The Morgan fingerprint density at radius 1 is 1.33 bits per heavy atom. The maximum Gasteiger partial charge on any atom is 0.256 e. The quantitative estimate of drug-likeness (QED) is 0.780. The average Bonchev–Trinajstić information content (AvgIpc) is 2.56. The van der Waals surface area contributed by atoms with Gasteiger partial charge in [0.25, 0.3) is 5.91 Å². The number of benzene rings is 1. The van der Waals surface area contributed by atoms with Gasteiger partial charge in [-0.3, -0.25) is 4.79 Å². The van der Waals surface area contributed by atoms with Crippen LogP contribution in [-0.2, 0) is 9.53 Å². The first-order valence-electron chi connectivity index (χ1n) is 9.21. The Morgan fingerprint density at radius 2 is 2.04 bits per heavy atom. The molecule has 2 rings (SSSR count). The number of hydrogen-bond donors (Lipinski definition) is 1. The fourth-order valence-corrected chi connectivity index (χ4v) is 3.36. The Bertz CT molecular complexity index is 524. The molecule has 24 heavy (non-hydrogen) atoms. The molecule has 1 amide bonds. The first kappa shape index (κ1) is 18.8. The van der Waals surface area contributed by atoms with Crippen LogP contribution in [0.3, 0.4) is 0 Å². The number of amides is 1. The van der Waals surface area contributed by atoms with E-state index in [-0.39, 0.29) is 12.0 Å². The largest absolute Gasteiger partial charge is 0.491 e. The summed E-state index contributed by atoms with van der Waals surface area (Å²) in [4.78, 5) is 12.9. The summed E-state index contributed by atoms with van der Waals surface area (Å²) in [5.74, 6) is 1.32. The highest BCUT2D eigenvalue weighted by Crippen LogP contribution is 2.36. The van der Waals surface area contributed by atoms with Crippen LogP contribution in [0.2, 0.25) is 0 Å². The predicted octanol–water partition coefficient (Wildman–Crippen LogP) is 4.79. The molecular weight excluding hydrogens is 302 g/mol. The van der Waals surface area contributed by atoms with Gasteiger partial charge >= 0.3 is 0 Å². The van der Waals surface area contributed by atoms with E-state index in [2.05, 4.69) is 19.2 Å². The van der Waals surface area contributed by atoms with Crippen LogP contribution in [0.5, 0.6) is 5.75 Å². The summed E-state index contributed by atoms with van der Waals surface area (Å²) in [5, 5.41) is 3.03. The zero-order valence-corrected chi connectivity index (χ0v) is 15.4. The molecule has 1 aromatic rings. The van der Waals surface area contributed by atoms with Crippen molar-refractivity contribution in [3.63, 3.8) is 0 Å². The maximum atomic E-state index is 12.9. The van der Waals surface area contributed by atoms with Crippen molar-refractivity contribution in [3.05, 3.63) is 24.3 Å². The molecule has 1 aromatic carbocycles. The lowest BCUT2D eigenvalue weighted by molar-refractivity contribution is -0.147. The molecule has 0 aromatic heterocycles. The highest BCUT2D eigenvalue weighted by molar-refractivity contribution is 5.97. The van der Waals surface area contributed by atoms with E-state index in [9.17, 15) is 4.79 Å². The van der Waals surface area contributed by atoms with Crippen LogP contribution >= 0.6 is 0 Å². The lowest BCUT2D eigenvalue weighted by atomic mass is 9.78. The number of carbonyl (C=O) groups is 1. The minimum absolute atomic E-state index is 0.0218. The summed E-state index contributed by atoms with van der Waals surface area (Å²) in [7, 11) is 0. The summed E-state index contributed by atoms with van der Waals surface area (Å²) in [5.41, 5.74) is 0.104. The highest BCUT2D eigenvalue weighted by atomic mass is 16.5. The van der Waals surface area contributed by atoms with Crippen molar-refractivity contribution in [1.29, 1.82) is 0 Å². The summed E-state index contributed by atoms with van der Waals surface area (Å²) >= 11 is 0. The second-order valence-electron chi connectivity index (χ2n) is 6.94. The molecule has 0 aliphatic heterocycles. The Labute approximate surface area is 145 Å². The topological polar surface area (TPSA) is 47.6 Å². The third-order valence-electron chi connectivity index (χ3n) is 4.81. The molecule has 0 heterocycles. The Kier molecular flexibility index (Phi) is 6.67. The number of ether oxygens (including phenoxy) is 2. The van der Waals surface area contributed by atoms with Crippen molar-refractivity contribution in [2.75, 3.05) is 11.9 Å². The van der Waals surface area contributed by atoms with Crippen LogP contribution in [0.15, 0.2) is 24.3 Å². The maximum absolute atomic E-state index is 12.9. The van der Waals surface area contributed by atoms with Gasteiger partial charge in [-0.05, 0) is 69.7 Å². The number of hydrogen-bond acceptors (Lipinski definition) is 3. The summed E-state index contributed by atoms with van der Waals surface area (Å²) in [6.07, 6.45) is 4.96. The van der Waals surface area contributed by atoms with Crippen molar-refractivity contribution >= 4 is 11.6 Å². The van der Waals surface area contributed by atoms with Gasteiger partial charge in [0.05, 0.1) is 6.10 Å². The van der Waals surface area contributed by atoms with Gasteiger partial charge in [0.1, 0.15) is 11.4 Å². The molecule has 0 radical (unpaired) electrons. The van der Waals surface area contributed by atoms with E-state index in [0.29, 0.717) is 12.5 Å². The van der Waals surface area contributed by atoms with Crippen molar-refractivity contribution in [2.45, 2.75) is 71.5 Å². The molecule has 3 atom stereocenters. The van der Waals surface area contributed by atoms with Crippen LogP contribution < -0.4 is 10.1 Å². The first-order valence-corrected chi connectivity index (χ1v) is 9.21. The molecule has 0 saturated heterocycles. The van der Waals surface area contributed by atoms with Gasteiger partial charge in [-0.15, -0.1) is 0 Å². The second-order valence-corrected chi connectivity index (χ2v) is 6.94. The van der Waals surface area contributed by atoms with E-state index in [1.54, 1.807) is 0 Å². The molecule has 0 spiro atoms. The van der Waals surface area contributed by atoms with Crippen LogP contribution in [0.25, 0.3) is 0 Å². The van der Waals surface area contributed by atoms with Crippen molar-refractivity contribution < 1.29 is 14.3 Å². The Balaban J connectivity index is 2.04. The van der Waals surface area contributed by atoms with Gasteiger partial charge in [0.15, 0.2) is 0 Å². The van der Waals surface area contributed by atoms with E-state index >= 15 is 0 Å². The van der Waals surface area contributed by atoms with E-state index in [4.69, 9.17) is 9.47 Å². The average molecular weight is 333 g/mol. The standard InChI is InChI=1S/C20H31NO3/c1-5-16(4)24-18-11-9-17(10-12-18)21-19(22)20(23-6-2)13-7-8-15(3)14-20/h9-12,15-16H,5-8,13-14H2,1-4H3,(H,21,22)/t15-,16-,20+/m1/s1. The van der Waals surface area contributed by atoms with Crippen LogP contribution in [0.4, 0.5) is 5.69 Å². The molecule has 1 fully saturated rings. The van der Waals surface area contributed by atoms with E-state index < -0.39 is 5.60 Å². The van der Waals surface area contributed by atoms with Gasteiger partial charge in [-0.1, -0.05) is 20.3 Å². The fraction of sp³-hybridized carbons (Fsp3) is 0.650. The Morgan fingerprint density at radius 3 is 2.62 bits per heavy atom. The molecule has 1 aliphatic carbocycles. The zero-order chi connectivity index (χ0) is 17.6. The van der Waals surface area contributed by atoms with E-state index in [1.807, 2.05) is 38.1 Å². The van der Waals surface area contributed by atoms with E-state index in [0.717, 1.165) is 37.1 Å². The molecule has 4 nitrogen and oxygen atoms in total. The Hall–Kier alpha value is -1.55. The third-order valence-corrected chi connectivity index (χ3v) is 4.81. The second kappa shape index (κ2) is 8.52. The highest BCUT2D eigenvalue weighted by Gasteiger charge is 2.42. The van der Waals surface area contributed by atoms with Crippen LogP contribution in [-0.4, -0.2) is 24.2 Å². The van der Waals surface area contributed by atoms with Crippen LogP contribution in [0.1, 0.15) is 59.8 Å². The van der Waals surface area contributed by atoms with Crippen molar-refractivity contribution in [2.24, 2.45) is 5.92 Å². The minimum Gasteiger partial charge on any atom is -0.491 e. The normalized spacial score (nSPS) is 25.1. The molecule has 1 aliphatic rings. The lowest BCUT2D eigenvalue weighted by Gasteiger charge is -2.38. The van der Waals surface area contributed by atoms with Gasteiger partial charge in [-0.2, -0.15) is 0 Å². The van der Waals surface area contributed by atoms with Crippen LogP contribution in [0, 0.1) is 5.92 Å². The zero-order valence-electron chi connectivity index (χ0n) is 15.4. The van der Waals surface area contributed by atoms with Gasteiger partial charge in [0.2, 0.25) is 0 Å². The van der Waals surface area contributed by atoms with Gasteiger partial charge in [0, 0.05) is 12.3 Å². The predicted molar refractivity (Wildman–Crippen MR) is 97.4 cm³/mol. The fourth-order valence-electron chi connectivity index (χ4n) is 3.36. The molecule has 134 valence electrons. The van der Waals surface area contributed by atoms with Crippen molar-refractivity contribution in [3.8, 4) is 5.75 Å². The minimum atomic E-state index is -0.682. The number of carbonyl (C=O) groups excluding carboxylic acids is 1.